The zero-order valence-corrected chi connectivity index (χ0v) is 27.5. The van der Waals surface area contributed by atoms with Crippen LogP contribution in [0.4, 0.5) is 34.1 Å². The normalized spacial score (nSPS) is 11.4. The van der Waals surface area contributed by atoms with Crippen LogP contribution in [0.15, 0.2) is 121 Å². The van der Waals surface area contributed by atoms with E-state index in [1.807, 2.05) is 7.11 Å². The standard InChI is InChI=1S/C39H44N2OSi/c1-7-30-10-16-33(17-11-30)40(34-18-12-31(8-2)13-19-34)36-22-24-37(25-23-36)41(35-20-14-32(9-3)15-21-35)38-26-28-39(29-27-38)43(5,6)42-4/h10-29H,7-9H2,1-6H3. The molecule has 0 aliphatic carbocycles. The molecule has 5 rings (SSSR count). The lowest BCUT2D eigenvalue weighted by Gasteiger charge is -2.29. The first-order chi connectivity index (χ1) is 20.9. The van der Waals surface area contributed by atoms with Crippen LogP contribution >= 0.6 is 0 Å². The Bertz CT molecular complexity index is 1540. The monoisotopic (exact) mass is 584 g/mol. The highest BCUT2D eigenvalue weighted by Gasteiger charge is 2.24. The summed E-state index contributed by atoms with van der Waals surface area (Å²) >= 11 is 0. The summed E-state index contributed by atoms with van der Waals surface area (Å²) in [7, 11) is -0.0807. The summed E-state index contributed by atoms with van der Waals surface area (Å²) < 4.78 is 5.87. The number of nitrogens with zero attached hydrogens (tertiary/aromatic N) is 2. The molecule has 0 unspecified atom stereocenters. The maximum atomic E-state index is 5.87. The van der Waals surface area contributed by atoms with Gasteiger partial charge in [0.1, 0.15) is 0 Å². The Kier molecular flexibility index (Phi) is 9.49. The molecule has 0 aliphatic rings. The number of rotatable bonds is 11. The first-order valence-electron chi connectivity index (χ1n) is 15.5. The average Bonchev–Trinajstić information content (AvgIpc) is 3.07. The molecule has 0 saturated heterocycles. The lowest BCUT2D eigenvalue weighted by molar-refractivity contribution is 0.416. The zero-order chi connectivity index (χ0) is 30.4. The van der Waals surface area contributed by atoms with Crippen molar-refractivity contribution in [2.75, 3.05) is 16.9 Å². The third-order valence-corrected chi connectivity index (χ3v) is 11.2. The topological polar surface area (TPSA) is 15.7 Å². The highest BCUT2D eigenvalue weighted by Crippen LogP contribution is 2.39. The van der Waals surface area contributed by atoms with Crippen LogP contribution in [0, 0.1) is 0 Å². The van der Waals surface area contributed by atoms with Crippen molar-refractivity contribution >= 4 is 47.6 Å². The summed E-state index contributed by atoms with van der Waals surface area (Å²) in [6.45, 7) is 11.1. The second-order valence-electron chi connectivity index (χ2n) is 11.5. The summed E-state index contributed by atoms with van der Waals surface area (Å²) in [5.74, 6) is 0. The van der Waals surface area contributed by atoms with E-state index in [9.17, 15) is 0 Å². The van der Waals surface area contributed by atoms with E-state index < -0.39 is 8.32 Å². The second-order valence-corrected chi connectivity index (χ2v) is 15.5. The fourth-order valence-electron chi connectivity index (χ4n) is 5.42. The largest absolute Gasteiger partial charge is 0.416 e. The molecule has 43 heavy (non-hydrogen) atoms. The molecule has 0 fully saturated rings. The predicted molar refractivity (Wildman–Crippen MR) is 188 cm³/mol. The first kappa shape index (κ1) is 30.3. The Morgan fingerprint density at radius 2 is 0.651 bits per heavy atom. The maximum absolute atomic E-state index is 5.87. The third kappa shape index (κ3) is 6.77. The molecule has 0 saturated carbocycles. The van der Waals surface area contributed by atoms with Crippen molar-refractivity contribution in [3.05, 3.63) is 138 Å². The Hall–Kier alpha value is -4.12. The molecule has 0 N–H and O–H groups in total. The van der Waals surface area contributed by atoms with Crippen LogP contribution < -0.4 is 15.0 Å². The molecule has 0 heterocycles. The van der Waals surface area contributed by atoms with E-state index in [1.54, 1.807) is 0 Å². The van der Waals surface area contributed by atoms with Gasteiger partial charge in [0, 0.05) is 41.2 Å². The van der Waals surface area contributed by atoms with Gasteiger partial charge < -0.3 is 14.2 Å². The third-order valence-electron chi connectivity index (χ3n) is 8.51. The van der Waals surface area contributed by atoms with Crippen molar-refractivity contribution < 1.29 is 4.43 Å². The summed E-state index contributed by atoms with van der Waals surface area (Å²) in [5.41, 5.74) is 10.8. The van der Waals surface area contributed by atoms with Gasteiger partial charge in [-0.05, 0) is 127 Å². The van der Waals surface area contributed by atoms with Crippen LogP contribution in [0.2, 0.25) is 13.1 Å². The summed E-state index contributed by atoms with van der Waals surface area (Å²) in [5, 5.41) is 1.29. The van der Waals surface area contributed by atoms with Gasteiger partial charge >= 0.3 is 0 Å². The van der Waals surface area contributed by atoms with E-state index in [-0.39, 0.29) is 0 Å². The van der Waals surface area contributed by atoms with Crippen LogP contribution in [0.25, 0.3) is 0 Å². The van der Waals surface area contributed by atoms with Gasteiger partial charge in [-0.1, -0.05) is 69.3 Å². The molecule has 0 spiro atoms. The van der Waals surface area contributed by atoms with Gasteiger partial charge in [0.2, 0.25) is 8.32 Å². The average molecular weight is 585 g/mol. The van der Waals surface area contributed by atoms with Gasteiger partial charge in [0.25, 0.3) is 0 Å². The Morgan fingerprint density at radius 3 is 0.884 bits per heavy atom. The molecule has 0 aliphatic heterocycles. The van der Waals surface area contributed by atoms with Crippen molar-refractivity contribution in [2.45, 2.75) is 53.1 Å². The fourth-order valence-corrected chi connectivity index (χ4v) is 6.62. The van der Waals surface area contributed by atoms with E-state index >= 15 is 0 Å². The van der Waals surface area contributed by atoms with E-state index in [0.717, 1.165) is 53.4 Å². The van der Waals surface area contributed by atoms with Gasteiger partial charge in [0.05, 0.1) is 0 Å². The van der Waals surface area contributed by atoms with Crippen molar-refractivity contribution in [1.82, 2.24) is 0 Å². The lowest BCUT2D eigenvalue weighted by atomic mass is 10.1. The molecule has 0 aromatic heterocycles. The molecule has 3 nitrogen and oxygen atoms in total. The Morgan fingerprint density at radius 1 is 0.419 bits per heavy atom. The van der Waals surface area contributed by atoms with Crippen molar-refractivity contribution in [3.63, 3.8) is 0 Å². The van der Waals surface area contributed by atoms with Gasteiger partial charge in [-0.15, -0.1) is 0 Å². The highest BCUT2D eigenvalue weighted by molar-refractivity contribution is 6.84. The van der Waals surface area contributed by atoms with Crippen LogP contribution in [0.5, 0.6) is 0 Å². The van der Waals surface area contributed by atoms with Crippen molar-refractivity contribution in [1.29, 1.82) is 0 Å². The van der Waals surface area contributed by atoms with Gasteiger partial charge in [0.15, 0.2) is 0 Å². The van der Waals surface area contributed by atoms with E-state index in [0.29, 0.717) is 0 Å². The minimum atomic E-state index is -1.90. The molecule has 5 aromatic carbocycles. The fraction of sp³-hybridized carbons (Fsp3) is 0.231. The number of anilines is 6. The molecule has 5 aromatic rings. The van der Waals surface area contributed by atoms with Gasteiger partial charge in [-0.25, -0.2) is 0 Å². The van der Waals surface area contributed by atoms with Gasteiger partial charge in [-0.2, -0.15) is 0 Å². The minimum Gasteiger partial charge on any atom is -0.416 e. The quantitative estimate of drug-likeness (QED) is 0.144. The smallest absolute Gasteiger partial charge is 0.217 e. The molecule has 220 valence electrons. The summed E-state index contributed by atoms with van der Waals surface area (Å²) in [6.07, 6.45) is 3.08. The molecular weight excluding hydrogens is 541 g/mol. The SMILES string of the molecule is CCc1ccc(N(c2ccc(CC)cc2)c2ccc(N(c3ccc(CC)cc3)c3ccc([Si](C)(C)OC)cc3)cc2)cc1. The van der Waals surface area contributed by atoms with Crippen molar-refractivity contribution in [2.24, 2.45) is 0 Å². The predicted octanol–water partition coefficient (Wildman–Crippen LogP) is 10.4. The first-order valence-corrected chi connectivity index (χ1v) is 18.4. The number of hydrogen-bond donors (Lipinski definition) is 0. The molecule has 0 amide bonds. The van der Waals surface area contributed by atoms with E-state index in [1.165, 1.54) is 21.9 Å². The molecular formula is C39H44N2OSi. The Balaban J connectivity index is 1.56. The van der Waals surface area contributed by atoms with E-state index in [4.69, 9.17) is 4.43 Å². The van der Waals surface area contributed by atoms with Crippen LogP contribution in [0.3, 0.4) is 0 Å². The highest BCUT2D eigenvalue weighted by atomic mass is 28.4. The zero-order valence-electron chi connectivity index (χ0n) is 26.5. The number of hydrogen-bond acceptors (Lipinski definition) is 3. The minimum absolute atomic E-state index is 1.02. The molecule has 0 atom stereocenters. The summed E-state index contributed by atoms with van der Waals surface area (Å²) in [4.78, 5) is 4.68. The van der Waals surface area contributed by atoms with Crippen LogP contribution in [-0.2, 0) is 23.7 Å². The molecule has 4 heteroatoms. The van der Waals surface area contributed by atoms with Crippen LogP contribution in [0.1, 0.15) is 37.5 Å². The molecule has 0 radical (unpaired) electrons. The van der Waals surface area contributed by atoms with Crippen molar-refractivity contribution in [3.8, 4) is 0 Å². The van der Waals surface area contributed by atoms with Crippen LogP contribution in [-0.4, -0.2) is 15.4 Å². The Labute approximate surface area is 259 Å². The summed E-state index contributed by atoms with van der Waals surface area (Å²) in [6, 6.07) is 44.6. The maximum Gasteiger partial charge on any atom is 0.217 e. The number of benzene rings is 5. The number of aryl methyl sites for hydroxylation is 3. The van der Waals surface area contributed by atoms with Gasteiger partial charge in [-0.3, -0.25) is 0 Å². The van der Waals surface area contributed by atoms with E-state index in [2.05, 4.69) is 165 Å². The second kappa shape index (κ2) is 13.5. The molecule has 0 bridgehead atoms. The lowest BCUT2D eigenvalue weighted by Crippen LogP contribution is -2.43.